The molecule has 0 N–H and O–H groups in total. The Hall–Kier alpha value is -3.96. The van der Waals surface area contributed by atoms with Gasteiger partial charge in [-0.3, -0.25) is 0 Å². The minimum absolute atomic E-state index is 0.0434. The molecule has 0 bridgehead atoms. The minimum Gasteiger partial charge on any atom is -0.460 e. The van der Waals surface area contributed by atoms with Crippen LogP contribution in [-0.4, -0.2) is 73.9 Å². The highest BCUT2D eigenvalue weighted by atomic mass is 16.6. The number of carbonyl (C=O) groups excluding carboxylic acids is 6. The normalized spacial score (nSPS) is 19.1. The molecule has 0 heterocycles. The Morgan fingerprint density at radius 1 is 0.545 bits per heavy atom. The van der Waals surface area contributed by atoms with Gasteiger partial charge in [0.2, 0.25) is 0 Å². The van der Waals surface area contributed by atoms with Crippen molar-refractivity contribution in [3.8, 4) is 0 Å². The van der Waals surface area contributed by atoms with Crippen LogP contribution in [0.15, 0.2) is 38.0 Å². The average Bonchev–Trinajstić information content (AvgIpc) is 2.78. The van der Waals surface area contributed by atoms with Crippen molar-refractivity contribution in [2.75, 3.05) is 19.8 Å². The van der Waals surface area contributed by atoms with Crippen molar-refractivity contribution in [2.24, 2.45) is 0 Å². The zero-order chi connectivity index (χ0) is 24.8. The Morgan fingerprint density at radius 3 is 1.00 bits per heavy atom. The van der Waals surface area contributed by atoms with Crippen LogP contribution < -0.4 is 0 Å². The van der Waals surface area contributed by atoms with Crippen molar-refractivity contribution in [1.29, 1.82) is 0 Å². The van der Waals surface area contributed by atoms with Gasteiger partial charge in [0, 0.05) is 37.5 Å². The van der Waals surface area contributed by atoms with Gasteiger partial charge in [-0.25, -0.2) is 28.8 Å². The fraction of sp³-hybridized carbons (Fsp3) is 0.429. The molecular weight excluding hydrogens is 444 g/mol. The van der Waals surface area contributed by atoms with E-state index in [9.17, 15) is 28.8 Å². The largest absolute Gasteiger partial charge is 0.460 e. The molecule has 1 aliphatic carbocycles. The summed E-state index contributed by atoms with van der Waals surface area (Å²) in [5.41, 5.74) is 0. The zero-order valence-electron chi connectivity index (χ0n) is 17.7. The molecule has 0 atom stereocenters. The van der Waals surface area contributed by atoms with Gasteiger partial charge in [0.15, 0.2) is 19.8 Å². The molecule has 0 aliphatic heterocycles. The summed E-state index contributed by atoms with van der Waals surface area (Å²) in [7, 11) is 0. The molecule has 0 radical (unpaired) electrons. The Morgan fingerprint density at radius 2 is 0.788 bits per heavy atom. The average molecular weight is 468 g/mol. The van der Waals surface area contributed by atoms with Crippen molar-refractivity contribution < 1.29 is 57.2 Å². The first kappa shape index (κ1) is 27.1. The summed E-state index contributed by atoms with van der Waals surface area (Å²) in [6.45, 7) is 7.56. The number of esters is 6. The number of rotatable bonds is 12. The maximum absolute atomic E-state index is 11.9. The second-order valence-corrected chi connectivity index (χ2v) is 6.48. The van der Waals surface area contributed by atoms with Crippen molar-refractivity contribution in [2.45, 2.75) is 37.6 Å². The van der Waals surface area contributed by atoms with Crippen LogP contribution in [0.5, 0.6) is 0 Å². The summed E-state index contributed by atoms with van der Waals surface area (Å²) in [6.07, 6.45) is 0.152. The molecule has 1 rings (SSSR count). The molecule has 180 valence electrons. The van der Waals surface area contributed by atoms with Gasteiger partial charge in [-0.2, -0.15) is 0 Å². The second-order valence-electron chi connectivity index (χ2n) is 6.48. The van der Waals surface area contributed by atoms with Crippen molar-refractivity contribution in [1.82, 2.24) is 0 Å². The lowest BCUT2D eigenvalue weighted by molar-refractivity contribution is -0.178. The van der Waals surface area contributed by atoms with Crippen molar-refractivity contribution >= 4 is 35.8 Å². The highest BCUT2D eigenvalue weighted by molar-refractivity contribution is 5.84. The molecular formula is C21H24O12. The summed E-state index contributed by atoms with van der Waals surface area (Å²) in [5, 5.41) is 0. The van der Waals surface area contributed by atoms with E-state index in [4.69, 9.17) is 14.2 Å². The van der Waals surface area contributed by atoms with E-state index in [-0.39, 0.29) is 19.3 Å². The van der Waals surface area contributed by atoms with E-state index in [1.165, 1.54) is 0 Å². The molecule has 0 aromatic carbocycles. The fourth-order valence-corrected chi connectivity index (χ4v) is 2.68. The quantitative estimate of drug-likeness (QED) is 0.216. The van der Waals surface area contributed by atoms with Gasteiger partial charge < -0.3 is 28.4 Å². The summed E-state index contributed by atoms with van der Waals surface area (Å²) >= 11 is 0. The third-order valence-electron chi connectivity index (χ3n) is 3.97. The molecule has 0 aromatic heterocycles. The van der Waals surface area contributed by atoms with Gasteiger partial charge in [0.25, 0.3) is 0 Å². The zero-order valence-corrected chi connectivity index (χ0v) is 17.7. The first-order valence-electron chi connectivity index (χ1n) is 9.62. The van der Waals surface area contributed by atoms with Gasteiger partial charge in [0.1, 0.15) is 18.3 Å². The molecule has 1 saturated carbocycles. The molecule has 0 amide bonds. The lowest BCUT2D eigenvalue weighted by atomic mass is 9.92. The highest BCUT2D eigenvalue weighted by Gasteiger charge is 2.35. The lowest BCUT2D eigenvalue weighted by Gasteiger charge is -2.33. The monoisotopic (exact) mass is 468 g/mol. The SMILES string of the molecule is C=CC(=O)OCC(=O)OC1CC(OC(=O)COC(=O)C=C)CC(OC(=O)COC(=O)C=C)C1. The molecule has 0 aromatic rings. The molecule has 33 heavy (non-hydrogen) atoms. The smallest absolute Gasteiger partial charge is 0.344 e. The standard InChI is InChI=1S/C21H24O12/c1-4-16(22)28-10-19(25)31-13-7-14(32-20(26)11-29-17(23)5-2)9-15(8-13)33-21(27)12-30-18(24)6-3/h4-6,13-15H,1-3,7-12H2. The molecule has 12 heteroatoms. The van der Waals surface area contributed by atoms with E-state index < -0.39 is 73.9 Å². The molecule has 12 nitrogen and oxygen atoms in total. The van der Waals surface area contributed by atoms with Crippen LogP contribution in [0.1, 0.15) is 19.3 Å². The summed E-state index contributed by atoms with van der Waals surface area (Å²) < 4.78 is 29.4. The van der Waals surface area contributed by atoms with Crippen molar-refractivity contribution in [3.63, 3.8) is 0 Å². The number of hydrogen-bond donors (Lipinski definition) is 0. The van der Waals surface area contributed by atoms with Crippen LogP contribution in [0.25, 0.3) is 0 Å². The van der Waals surface area contributed by atoms with Crippen molar-refractivity contribution in [3.05, 3.63) is 38.0 Å². The molecule has 0 spiro atoms. The Labute approximate surface area is 189 Å². The summed E-state index contributed by atoms with van der Waals surface area (Å²) in [4.78, 5) is 69.0. The molecule has 1 aliphatic rings. The Bertz CT molecular complexity index is 688. The van der Waals surface area contributed by atoms with Crippen LogP contribution in [0.4, 0.5) is 0 Å². The lowest BCUT2D eigenvalue weighted by Crippen LogP contribution is -2.41. The van der Waals surface area contributed by atoms with Crippen LogP contribution in [0.2, 0.25) is 0 Å². The molecule has 0 saturated heterocycles. The van der Waals surface area contributed by atoms with E-state index in [1.54, 1.807) is 0 Å². The predicted molar refractivity (Wildman–Crippen MR) is 107 cm³/mol. The third-order valence-corrected chi connectivity index (χ3v) is 3.97. The van der Waals surface area contributed by atoms with Crippen LogP contribution >= 0.6 is 0 Å². The van der Waals surface area contributed by atoms with E-state index in [0.717, 1.165) is 18.2 Å². The summed E-state index contributed by atoms with van der Waals surface area (Å²) in [5.74, 6) is -5.11. The number of carbonyl (C=O) groups is 6. The summed E-state index contributed by atoms with van der Waals surface area (Å²) in [6, 6.07) is 0. The fourth-order valence-electron chi connectivity index (χ4n) is 2.68. The third kappa shape index (κ3) is 11.3. The first-order chi connectivity index (χ1) is 15.7. The topological polar surface area (TPSA) is 158 Å². The highest BCUT2D eigenvalue weighted by Crippen LogP contribution is 2.27. The van der Waals surface area contributed by atoms with E-state index in [2.05, 4.69) is 33.9 Å². The van der Waals surface area contributed by atoms with E-state index in [1.807, 2.05) is 0 Å². The van der Waals surface area contributed by atoms with Gasteiger partial charge in [-0.1, -0.05) is 19.7 Å². The van der Waals surface area contributed by atoms with Gasteiger partial charge in [-0.15, -0.1) is 0 Å². The van der Waals surface area contributed by atoms with Gasteiger partial charge >= 0.3 is 35.8 Å². The first-order valence-corrected chi connectivity index (χ1v) is 9.62. The maximum Gasteiger partial charge on any atom is 0.344 e. The minimum atomic E-state index is -0.882. The Balaban J connectivity index is 2.73. The Kier molecular flexibility index (Phi) is 11.6. The molecule has 0 unspecified atom stereocenters. The van der Waals surface area contributed by atoms with Crippen LogP contribution in [-0.2, 0) is 57.2 Å². The van der Waals surface area contributed by atoms with Gasteiger partial charge in [0.05, 0.1) is 0 Å². The molecule has 1 fully saturated rings. The second kappa shape index (κ2) is 14.2. The van der Waals surface area contributed by atoms with Crippen LogP contribution in [0, 0.1) is 0 Å². The van der Waals surface area contributed by atoms with E-state index in [0.29, 0.717) is 0 Å². The van der Waals surface area contributed by atoms with E-state index >= 15 is 0 Å². The number of ether oxygens (including phenoxy) is 6. The van der Waals surface area contributed by atoms with Crippen LogP contribution in [0.3, 0.4) is 0 Å². The number of hydrogen-bond acceptors (Lipinski definition) is 12. The maximum atomic E-state index is 11.9. The predicted octanol–water partition coefficient (Wildman–Crippen LogP) is 0.0933. The van der Waals surface area contributed by atoms with Gasteiger partial charge in [-0.05, 0) is 0 Å².